The Bertz CT molecular complexity index is 310. The van der Waals surface area contributed by atoms with Gasteiger partial charge >= 0.3 is 0 Å². The lowest BCUT2D eigenvalue weighted by molar-refractivity contribution is 0.474. The first kappa shape index (κ1) is 9.61. The van der Waals surface area contributed by atoms with Crippen molar-refractivity contribution in [3.63, 3.8) is 0 Å². The molecule has 1 unspecified atom stereocenters. The summed E-state index contributed by atoms with van der Waals surface area (Å²) in [6.07, 6.45) is 2.38. The van der Waals surface area contributed by atoms with Crippen LogP contribution in [0.5, 0.6) is 5.75 Å². The van der Waals surface area contributed by atoms with E-state index in [0.717, 1.165) is 5.56 Å². The van der Waals surface area contributed by atoms with Gasteiger partial charge in [-0.05, 0) is 30.2 Å². The van der Waals surface area contributed by atoms with Crippen molar-refractivity contribution in [1.29, 1.82) is 0 Å². The number of nitrogen functional groups attached to an aromatic ring is 1. The molecule has 1 aromatic carbocycles. The van der Waals surface area contributed by atoms with E-state index in [4.69, 9.17) is 11.5 Å². The van der Waals surface area contributed by atoms with Gasteiger partial charge in [-0.3, -0.25) is 0 Å². The SMILES string of the molecule is C=CCC(N)c1cc(O)ccc1N. The van der Waals surface area contributed by atoms with Crippen molar-refractivity contribution in [2.45, 2.75) is 12.5 Å². The highest BCUT2D eigenvalue weighted by Gasteiger charge is 2.08. The molecule has 0 aromatic heterocycles. The fourth-order valence-corrected chi connectivity index (χ4v) is 1.19. The molecule has 0 aliphatic carbocycles. The first-order valence-corrected chi connectivity index (χ1v) is 4.10. The van der Waals surface area contributed by atoms with Crippen LogP contribution in [0.25, 0.3) is 0 Å². The maximum absolute atomic E-state index is 9.22. The first-order valence-electron chi connectivity index (χ1n) is 4.10. The molecule has 1 rings (SSSR count). The van der Waals surface area contributed by atoms with E-state index in [1.807, 2.05) is 0 Å². The second-order valence-electron chi connectivity index (χ2n) is 2.94. The van der Waals surface area contributed by atoms with E-state index in [0.29, 0.717) is 12.1 Å². The summed E-state index contributed by atoms with van der Waals surface area (Å²) in [6, 6.07) is 4.58. The highest BCUT2D eigenvalue weighted by atomic mass is 16.3. The Hall–Kier alpha value is -1.48. The summed E-state index contributed by atoms with van der Waals surface area (Å²) in [5, 5.41) is 9.22. The van der Waals surface area contributed by atoms with Crippen LogP contribution in [-0.4, -0.2) is 5.11 Å². The molecule has 0 heterocycles. The van der Waals surface area contributed by atoms with Gasteiger partial charge in [0, 0.05) is 11.7 Å². The summed E-state index contributed by atoms with van der Waals surface area (Å²) in [6.45, 7) is 3.59. The lowest BCUT2D eigenvalue weighted by Gasteiger charge is -2.12. The normalized spacial score (nSPS) is 12.4. The zero-order valence-corrected chi connectivity index (χ0v) is 7.40. The number of aromatic hydroxyl groups is 1. The van der Waals surface area contributed by atoms with Crippen LogP contribution >= 0.6 is 0 Å². The first-order chi connectivity index (χ1) is 6.15. The molecule has 0 aliphatic rings. The van der Waals surface area contributed by atoms with E-state index in [1.54, 1.807) is 24.3 Å². The maximum atomic E-state index is 9.22. The summed E-state index contributed by atoms with van der Waals surface area (Å²) in [4.78, 5) is 0. The lowest BCUT2D eigenvalue weighted by Crippen LogP contribution is -2.11. The molecule has 0 aliphatic heterocycles. The van der Waals surface area contributed by atoms with Crippen molar-refractivity contribution in [1.82, 2.24) is 0 Å². The minimum atomic E-state index is -0.190. The van der Waals surface area contributed by atoms with E-state index in [2.05, 4.69) is 6.58 Å². The number of hydrogen-bond donors (Lipinski definition) is 3. The van der Waals surface area contributed by atoms with Crippen molar-refractivity contribution in [3.05, 3.63) is 36.4 Å². The van der Waals surface area contributed by atoms with Crippen LogP contribution in [0.15, 0.2) is 30.9 Å². The fourth-order valence-electron chi connectivity index (χ4n) is 1.19. The van der Waals surface area contributed by atoms with Crippen LogP contribution in [0.3, 0.4) is 0 Å². The molecule has 0 fully saturated rings. The van der Waals surface area contributed by atoms with E-state index < -0.39 is 0 Å². The third kappa shape index (κ3) is 2.23. The van der Waals surface area contributed by atoms with E-state index in [1.165, 1.54) is 0 Å². The second kappa shape index (κ2) is 3.96. The predicted octanol–water partition coefficient (Wildman–Crippen LogP) is 1.55. The van der Waals surface area contributed by atoms with Gasteiger partial charge in [0.15, 0.2) is 0 Å². The van der Waals surface area contributed by atoms with Crippen LogP contribution < -0.4 is 11.5 Å². The van der Waals surface area contributed by atoms with Crippen molar-refractivity contribution < 1.29 is 5.11 Å². The van der Waals surface area contributed by atoms with Crippen LogP contribution in [0.4, 0.5) is 5.69 Å². The van der Waals surface area contributed by atoms with Crippen LogP contribution in [0.2, 0.25) is 0 Å². The van der Waals surface area contributed by atoms with Crippen molar-refractivity contribution in [2.24, 2.45) is 5.73 Å². The molecule has 0 saturated heterocycles. The van der Waals surface area contributed by atoms with Crippen LogP contribution in [0, 0.1) is 0 Å². The zero-order valence-electron chi connectivity index (χ0n) is 7.40. The minimum absolute atomic E-state index is 0.184. The van der Waals surface area contributed by atoms with Gasteiger partial charge in [-0.25, -0.2) is 0 Å². The van der Waals surface area contributed by atoms with Gasteiger partial charge in [-0.2, -0.15) is 0 Å². The molecule has 5 N–H and O–H groups in total. The van der Waals surface area contributed by atoms with Crippen molar-refractivity contribution >= 4 is 5.69 Å². The maximum Gasteiger partial charge on any atom is 0.116 e. The standard InChI is InChI=1S/C10H14N2O/c1-2-3-9(11)8-6-7(13)4-5-10(8)12/h2,4-6,9,13H,1,3,11-12H2. The van der Waals surface area contributed by atoms with Crippen molar-refractivity contribution in [2.75, 3.05) is 5.73 Å². The highest BCUT2D eigenvalue weighted by molar-refractivity contribution is 5.51. The van der Waals surface area contributed by atoms with Gasteiger partial charge in [-0.15, -0.1) is 6.58 Å². The molecule has 0 bridgehead atoms. The van der Waals surface area contributed by atoms with Crippen LogP contribution in [0.1, 0.15) is 18.0 Å². The Morgan fingerprint density at radius 3 is 2.85 bits per heavy atom. The molecular formula is C10H14N2O. The number of phenols is 1. The molecular weight excluding hydrogens is 164 g/mol. The predicted molar refractivity (Wildman–Crippen MR) is 54.3 cm³/mol. The monoisotopic (exact) mass is 178 g/mol. The van der Waals surface area contributed by atoms with E-state index >= 15 is 0 Å². The van der Waals surface area contributed by atoms with Gasteiger partial charge in [0.1, 0.15) is 5.75 Å². The third-order valence-corrected chi connectivity index (χ3v) is 1.89. The Balaban J connectivity index is 2.97. The Labute approximate surface area is 77.7 Å². The Morgan fingerprint density at radius 1 is 1.54 bits per heavy atom. The van der Waals surface area contributed by atoms with Gasteiger partial charge < -0.3 is 16.6 Å². The number of hydrogen-bond acceptors (Lipinski definition) is 3. The molecule has 70 valence electrons. The summed E-state index contributed by atoms with van der Waals surface area (Å²) >= 11 is 0. The van der Waals surface area contributed by atoms with Gasteiger partial charge in [0.05, 0.1) is 0 Å². The van der Waals surface area contributed by atoms with E-state index in [9.17, 15) is 5.11 Å². The quantitative estimate of drug-likeness (QED) is 0.373. The summed E-state index contributed by atoms with van der Waals surface area (Å²) in [7, 11) is 0. The molecule has 1 atom stereocenters. The highest BCUT2D eigenvalue weighted by Crippen LogP contribution is 2.25. The summed E-state index contributed by atoms with van der Waals surface area (Å²) < 4.78 is 0. The average Bonchev–Trinajstić information content (AvgIpc) is 2.09. The van der Waals surface area contributed by atoms with Gasteiger partial charge in [0.2, 0.25) is 0 Å². The van der Waals surface area contributed by atoms with Crippen LogP contribution in [-0.2, 0) is 0 Å². The lowest BCUT2D eigenvalue weighted by atomic mass is 10.0. The number of nitrogens with two attached hydrogens (primary N) is 2. The number of phenolic OH excluding ortho intramolecular Hbond substituents is 1. The number of rotatable bonds is 3. The minimum Gasteiger partial charge on any atom is -0.508 e. The number of benzene rings is 1. The third-order valence-electron chi connectivity index (χ3n) is 1.89. The van der Waals surface area contributed by atoms with Crippen molar-refractivity contribution in [3.8, 4) is 5.75 Å². The molecule has 0 spiro atoms. The summed E-state index contributed by atoms with van der Waals surface area (Å²) in [5.74, 6) is 0.184. The molecule has 0 saturated carbocycles. The van der Waals surface area contributed by atoms with Gasteiger partial charge in [0.25, 0.3) is 0 Å². The molecule has 3 heteroatoms. The van der Waals surface area contributed by atoms with Gasteiger partial charge in [-0.1, -0.05) is 6.08 Å². The average molecular weight is 178 g/mol. The smallest absolute Gasteiger partial charge is 0.116 e. The Morgan fingerprint density at radius 2 is 2.23 bits per heavy atom. The molecule has 13 heavy (non-hydrogen) atoms. The summed E-state index contributed by atoms with van der Waals surface area (Å²) in [5.41, 5.74) is 12.9. The fraction of sp³-hybridized carbons (Fsp3) is 0.200. The molecule has 0 amide bonds. The zero-order chi connectivity index (χ0) is 9.84. The molecule has 3 nitrogen and oxygen atoms in total. The van der Waals surface area contributed by atoms with E-state index in [-0.39, 0.29) is 11.8 Å². The second-order valence-corrected chi connectivity index (χ2v) is 2.94. The Kier molecular flexibility index (Phi) is 2.93. The topological polar surface area (TPSA) is 72.3 Å². The molecule has 1 aromatic rings. The largest absolute Gasteiger partial charge is 0.508 e. The number of anilines is 1. The molecule has 0 radical (unpaired) electrons.